The predicted molar refractivity (Wildman–Crippen MR) is 61.1 cm³/mol. The molecule has 17 heavy (non-hydrogen) atoms. The molecule has 8 heteroatoms. The normalized spacial score (nSPS) is 11.2. The molecular formula is C9H13N3O4S. The number of rotatable bonds is 4. The molecule has 0 spiro atoms. The number of hydrogen-bond donors (Lipinski definition) is 1. The highest BCUT2D eigenvalue weighted by Gasteiger charge is 2.13. The average molecular weight is 259 g/mol. The van der Waals surface area contributed by atoms with Crippen LogP contribution in [0.4, 0.5) is 0 Å². The molecular weight excluding hydrogens is 246 g/mol. The molecule has 0 atom stereocenters. The Morgan fingerprint density at radius 3 is 2.65 bits per heavy atom. The fraction of sp³-hybridized carbons (Fsp3) is 0.444. The molecule has 1 heterocycles. The van der Waals surface area contributed by atoms with E-state index in [0.717, 1.165) is 10.9 Å². The third-order valence-corrected chi connectivity index (χ3v) is 2.37. The number of aromatic nitrogens is 2. The zero-order valence-electron chi connectivity index (χ0n) is 9.50. The van der Waals surface area contributed by atoms with Gasteiger partial charge in [-0.25, -0.2) is 17.8 Å². The van der Waals surface area contributed by atoms with Gasteiger partial charge in [0.15, 0.2) is 0 Å². The SMILES string of the molecule is CCCn1nc(C(=O)NS(C)(=O)=O)ccc1=O. The summed E-state index contributed by atoms with van der Waals surface area (Å²) in [7, 11) is -3.63. The summed E-state index contributed by atoms with van der Waals surface area (Å²) in [6.45, 7) is 2.23. The summed E-state index contributed by atoms with van der Waals surface area (Å²) in [4.78, 5) is 22.8. The van der Waals surface area contributed by atoms with Crippen LogP contribution in [0.25, 0.3) is 0 Å². The Labute approximate surface area is 98.5 Å². The molecule has 0 aliphatic rings. The van der Waals surface area contributed by atoms with Crippen molar-refractivity contribution in [2.45, 2.75) is 19.9 Å². The number of carbonyl (C=O) groups excluding carboxylic acids is 1. The topological polar surface area (TPSA) is 98.1 Å². The van der Waals surface area contributed by atoms with Crippen LogP contribution in [-0.4, -0.2) is 30.4 Å². The Balaban J connectivity index is 3.03. The lowest BCUT2D eigenvalue weighted by Gasteiger charge is -2.05. The Bertz CT molecular complexity index is 576. The van der Waals surface area contributed by atoms with Gasteiger partial charge in [0, 0.05) is 12.6 Å². The Morgan fingerprint density at radius 2 is 2.12 bits per heavy atom. The molecule has 0 aliphatic carbocycles. The van der Waals surface area contributed by atoms with E-state index >= 15 is 0 Å². The van der Waals surface area contributed by atoms with Crippen molar-refractivity contribution in [3.8, 4) is 0 Å². The zero-order chi connectivity index (χ0) is 13.1. The molecule has 0 aliphatic heterocycles. The van der Waals surface area contributed by atoms with Gasteiger partial charge in [0.2, 0.25) is 10.0 Å². The maximum Gasteiger partial charge on any atom is 0.285 e. The minimum absolute atomic E-state index is 0.108. The molecule has 0 aromatic carbocycles. The fourth-order valence-electron chi connectivity index (χ4n) is 1.16. The van der Waals surface area contributed by atoms with Crippen molar-refractivity contribution in [1.82, 2.24) is 14.5 Å². The third-order valence-electron chi connectivity index (χ3n) is 1.81. The van der Waals surface area contributed by atoms with E-state index in [4.69, 9.17) is 0 Å². The van der Waals surface area contributed by atoms with Gasteiger partial charge in [-0.05, 0) is 12.5 Å². The first kappa shape index (κ1) is 13.4. The number of amides is 1. The van der Waals surface area contributed by atoms with Gasteiger partial charge < -0.3 is 0 Å². The quantitative estimate of drug-likeness (QED) is 0.774. The number of sulfonamides is 1. The molecule has 94 valence electrons. The molecule has 0 fully saturated rings. The second-order valence-electron chi connectivity index (χ2n) is 3.48. The number of carbonyl (C=O) groups is 1. The Hall–Kier alpha value is -1.70. The first-order chi connectivity index (χ1) is 7.83. The van der Waals surface area contributed by atoms with Gasteiger partial charge in [-0.3, -0.25) is 9.59 Å². The first-order valence-electron chi connectivity index (χ1n) is 4.94. The molecule has 0 saturated carbocycles. The molecule has 0 bridgehead atoms. The average Bonchev–Trinajstić information content (AvgIpc) is 2.19. The molecule has 1 aromatic heterocycles. The first-order valence-corrected chi connectivity index (χ1v) is 6.83. The molecule has 1 aromatic rings. The third kappa shape index (κ3) is 3.99. The number of nitrogens with zero attached hydrogens (tertiary/aromatic N) is 2. The van der Waals surface area contributed by atoms with Crippen molar-refractivity contribution >= 4 is 15.9 Å². The summed E-state index contributed by atoms with van der Waals surface area (Å²) in [5.41, 5.74) is -0.439. The zero-order valence-corrected chi connectivity index (χ0v) is 10.3. The van der Waals surface area contributed by atoms with Gasteiger partial charge in [-0.1, -0.05) is 6.92 Å². The van der Waals surface area contributed by atoms with E-state index < -0.39 is 15.9 Å². The Kier molecular flexibility index (Phi) is 4.00. The van der Waals surface area contributed by atoms with Gasteiger partial charge in [0.25, 0.3) is 11.5 Å². The lowest BCUT2D eigenvalue weighted by atomic mass is 10.4. The summed E-state index contributed by atoms with van der Waals surface area (Å²) >= 11 is 0. The van der Waals surface area contributed by atoms with Crippen LogP contribution in [0.3, 0.4) is 0 Å². The van der Waals surface area contributed by atoms with E-state index in [1.54, 1.807) is 4.72 Å². The van der Waals surface area contributed by atoms with Gasteiger partial charge in [0.05, 0.1) is 6.26 Å². The largest absolute Gasteiger partial charge is 0.285 e. The van der Waals surface area contributed by atoms with Crippen molar-refractivity contribution < 1.29 is 13.2 Å². The van der Waals surface area contributed by atoms with Crippen molar-refractivity contribution in [3.05, 3.63) is 28.2 Å². The van der Waals surface area contributed by atoms with E-state index in [2.05, 4.69) is 5.10 Å². The molecule has 0 unspecified atom stereocenters. The number of hydrogen-bond acceptors (Lipinski definition) is 5. The van der Waals surface area contributed by atoms with Gasteiger partial charge in [-0.15, -0.1) is 0 Å². The van der Waals surface area contributed by atoms with E-state index in [-0.39, 0.29) is 11.3 Å². The molecule has 0 radical (unpaired) electrons. The highest BCUT2D eigenvalue weighted by Crippen LogP contribution is 1.93. The number of aryl methyl sites for hydroxylation is 1. The van der Waals surface area contributed by atoms with Crippen molar-refractivity contribution in [2.24, 2.45) is 0 Å². The summed E-state index contributed by atoms with van der Waals surface area (Å²) in [5.74, 6) is -0.850. The lowest BCUT2D eigenvalue weighted by molar-refractivity contribution is 0.0974. The Morgan fingerprint density at radius 1 is 1.47 bits per heavy atom. The monoisotopic (exact) mass is 259 g/mol. The van der Waals surface area contributed by atoms with Crippen LogP contribution in [0.2, 0.25) is 0 Å². The summed E-state index contributed by atoms with van der Waals surface area (Å²) < 4.78 is 24.6. The predicted octanol–water partition coefficient (Wildman–Crippen LogP) is -0.657. The molecule has 1 amide bonds. The van der Waals surface area contributed by atoms with Crippen LogP contribution >= 0.6 is 0 Å². The van der Waals surface area contributed by atoms with Gasteiger partial charge in [-0.2, -0.15) is 5.10 Å². The molecule has 0 saturated heterocycles. The van der Waals surface area contributed by atoms with Crippen LogP contribution in [-0.2, 0) is 16.6 Å². The molecule has 7 nitrogen and oxygen atoms in total. The second-order valence-corrected chi connectivity index (χ2v) is 5.23. The highest BCUT2D eigenvalue weighted by molar-refractivity contribution is 7.89. The van der Waals surface area contributed by atoms with E-state index in [0.29, 0.717) is 13.0 Å². The summed E-state index contributed by atoms with van der Waals surface area (Å²) in [5, 5.41) is 3.77. The maximum atomic E-state index is 11.5. The van der Waals surface area contributed by atoms with Crippen LogP contribution in [0, 0.1) is 0 Å². The van der Waals surface area contributed by atoms with Crippen molar-refractivity contribution in [1.29, 1.82) is 0 Å². The maximum absolute atomic E-state index is 11.5. The standard InChI is InChI=1S/C9H13N3O4S/c1-3-6-12-8(13)5-4-7(10-12)9(14)11-17(2,15)16/h4-5H,3,6H2,1-2H3,(H,11,14). The van der Waals surface area contributed by atoms with Crippen LogP contribution in [0.1, 0.15) is 23.8 Å². The summed E-state index contributed by atoms with van der Waals surface area (Å²) in [6.07, 6.45) is 1.55. The minimum atomic E-state index is -3.63. The smallest absolute Gasteiger partial charge is 0.268 e. The fourth-order valence-corrected chi connectivity index (χ4v) is 1.60. The lowest BCUT2D eigenvalue weighted by Crippen LogP contribution is -2.32. The summed E-state index contributed by atoms with van der Waals surface area (Å²) in [6, 6.07) is 2.37. The molecule has 1 rings (SSSR count). The second kappa shape index (κ2) is 5.09. The van der Waals surface area contributed by atoms with E-state index in [9.17, 15) is 18.0 Å². The van der Waals surface area contributed by atoms with Crippen LogP contribution in [0.15, 0.2) is 16.9 Å². The van der Waals surface area contributed by atoms with Crippen molar-refractivity contribution in [3.63, 3.8) is 0 Å². The number of nitrogens with one attached hydrogen (secondary N) is 1. The minimum Gasteiger partial charge on any atom is -0.268 e. The van der Waals surface area contributed by atoms with E-state index in [1.807, 2.05) is 6.92 Å². The van der Waals surface area contributed by atoms with Crippen LogP contribution in [0.5, 0.6) is 0 Å². The van der Waals surface area contributed by atoms with Crippen molar-refractivity contribution in [2.75, 3.05) is 6.26 Å². The van der Waals surface area contributed by atoms with Gasteiger partial charge in [0.1, 0.15) is 5.69 Å². The highest BCUT2D eigenvalue weighted by atomic mass is 32.2. The van der Waals surface area contributed by atoms with Gasteiger partial charge >= 0.3 is 0 Å². The van der Waals surface area contributed by atoms with E-state index in [1.165, 1.54) is 12.1 Å². The van der Waals surface area contributed by atoms with Crippen LogP contribution < -0.4 is 10.3 Å². The molecule has 1 N–H and O–H groups in total.